The van der Waals surface area contributed by atoms with Crippen LogP contribution in [0, 0.1) is 17.8 Å². The van der Waals surface area contributed by atoms with Crippen molar-refractivity contribution in [3.05, 3.63) is 11.6 Å². The Morgan fingerprint density at radius 3 is 2.65 bits per heavy atom. The number of ether oxygens (including phenoxy) is 1. The quantitative estimate of drug-likeness (QED) is 0.634. The number of carbonyl (C=O) groups is 2. The molecule has 0 aromatic heterocycles. The molecule has 0 aromatic carbocycles. The fourth-order valence-corrected chi connectivity index (χ4v) is 4.20. The maximum Gasteiger partial charge on any atom is 0.309 e. The topological polar surface area (TPSA) is 83.8 Å². The maximum absolute atomic E-state index is 12.2. The van der Waals surface area contributed by atoms with Crippen LogP contribution in [0.3, 0.4) is 0 Å². The minimum Gasteiger partial charge on any atom is -0.458 e. The molecule has 0 amide bonds. The third-order valence-corrected chi connectivity index (χ3v) is 5.40. The molecule has 2 fully saturated rings. The first-order valence-corrected chi connectivity index (χ1v) is 7.07. The Morgan fingerprint density at radius 1 is 1.35 bits per heavy atom. The van der Waals surface area contributed by atoms with Crippen molar-refractivity contribution in [2.24, 2.45) is 17.8 Å². The van der Waals surface area contributed by atoms with E-state index < -0.39 is 23.2 Å². The zero-order chi connectivity index (χ0) is 14.9. The van der Waals surface area contributed by atoms with Crippen molar-refractivity contribution in [3.8, 4) is 0 Å². The molecule has 1 saturated carbocycles. The van der Waals surface area contributed by atoms with Crippen LogP contribution >= 0.6 is 0 Å². The number of aliphatic hydroxyl groups is 2. The molecule has 5 nitrogen and oxygen atoms in total. The Bertz CT molecular complexity index is 520. The molecule has 2 N–H and O–H groups in total. The zero-order valence-corrected chi connectivity index (χ0v) is 11.9. The highest BCUT2D eigenvalue weighted by molar-refractivity contribution is 5.98. The lowest BCUT2D eigenvalue weighted by atomic mass is 9.72. The molecular formula is C15H20O5. The summed E-state index contributed by atoms with van der Waals surface area (Å²) in [5.41, 5.74) is -2.40. The van der Waals surface area contributed by atoms with E-state index >= 15 is 0 Å². The summed E-state index contributed by atoms with van der Waals surface area (Å²) < 4.78 is 5.39. The van der Waals surface area contributed by atoms with Crippen molar-refractivity contribution >= 4 is 11.8 Å². The number of ketones is 1. The number of hydrogen-bond acceptors (Lipinski definition) is 5. The van der Waals surface area contributed by atoms with Gasteiger partial charge in [0.15, 0.2) is 5.78 Å². The van der Waals surface area contributed by atoms with Crippen molar-refractivity contribution in [2.45, 2.75) is 50.9 Å². The molecule has 20 heavy (non-hydrogen) atoms. The molecule has 1 aliphatic heterocycles. The molecule has 6 unspecified atom stereocenters. The molecule has 3 rings (SSSR count). The molecule has 3 aliphatic rings. The molecule has 1 heterocycles. The predicted octanol–water partition coefficient (Wildman–Crippen LogP) is 0.585. The van der Waals surface area contributed by atoms with Crippen molar-refractivity contribution in [3.63, 3.8) is 0 Å². The van der Waals surface area contributed by atoms with Crippen molar-refractivity contribution < 1.29 is 24.5 Å². The van der Waals surface area contributed by atoms with Gasteiger partial charge in [0, 0.05) is 5.92 Å². The van der Waals surface area contributed by atoms with Gasteiger partial charge in [0.25, 0.3) is 0 Å². The Balaban J connectivity index is 2.14. The Morgan fingerprint density at radius 2 is 2.00 bits per heavy atom. The Labute approximate surface area is 117 Å². The van der Waals surface area contributed by atoms with E-state index in [9.17, 15) is 19.8 Å². The first-order valence-electron chi connectivity index (χ1n) is 7.07. The van der Waals surface area contributed by atoms with Gasteiger partial charge in [0.05, 0.1) is 17.4 Å². The van der Waals surface area contributed by atoms with Crippen LogP contribution in [-0.2, 0) is 14.3 Å². The highest BCUT2D eigenvalue weighted by Gasteiger charge is 2.66. The molecule has 5 heteroatoms. The van der Waals surface area contributed by atoms with Crippen LogP contribution in [0.25, 0.3) is 0 Å². The second kappa shape index (κ2) is 3.92. The van der Waals surface area contributed by atoms with Crippen LogP contribution in [0.2, 0.25) is 0 Å². The van der Waals surface area contributed by atoms with Gasteiger partial charge in [-0.25, -0.2) is 0 Å². The fourth-order valence-electron chi connectivity index (χ4n) is 4.20. The zero-order valence-electron chi connectivity index (χ0n) is 11.9. The summed E-state index contributed by atoms with van der Waals surface area (Å²) in [6.45, 7) is 5.02. The third-order valence-electron chi connectivity index (χ3n) is 5.40. The first-order chi connectivity index (χ1) is 9.19. The van der Waals surface area contributed by atoms with E-state index in [1.54, 1.807) is 20.8 Å². The van der Waals surface area contributed by atoms with E-state index in [0.29, 0.717) is 18.4 Å². The van der Waals surface area contributed by atoms with Gasteiger partial charge in [-0.1, -0.05) is 6.92 Å². The molecule has 0 spiro atoms. The summed E-state index contributed by atoms with van der Waals surface area (Å²) in [4.78, 5) is 24.0. The van der Waals surface area contributed by atoms with Crippen LogP contribution in [0.1, 0.15) is 33.6 Å². The lowest BCUT2D eigenvalue weighted by Crippen LogP contribution is -2.56. The Hall–Kier alpha value is -1.20. The maximum atomic E-state index is 12.2. The van der Waals surface area contributed by atoms with Gasteiger partial charge in [0.1, 0.15) is 11.7 Å². The van der Waals surface area contributed by atoms with E-state index in [2.05, 4.69) is 0 Å². The third kappa shape index (κ3) is 1.50. The van der Waals surface area contributed by atoms with Crippen LogP contribution < -0.4 is 0 Å². The number of allylic oxidation sites excluding steroid dienone is 1. The largest absolute Gasteiger partial charge is 0.458 e. The average molecular weight is 280 g/mol. The van der Waals surface area contributed by atoms with Crippen LogP contribution in [-0.4, -0.2) is 39.3 Å². The Kier molecular flexibility index (Phi) is 2.70. The van der Waals surface area contributed by atoms with E-state index in [1.165, 1.54) is 6.08 Å². The summed E-state index contributed by atoms with van der Waals surface area (Å²) in [6.07, 6.45) is 1.56. The SMILES string of the molecule is CC1=CC(=O)C2C(C)(O)CCC3C(C)C(=O)OC3C12O. The molecule has 0 radical (unpaired) electrons. The van der Waals surface area contributed by atoms with Gasteiger partial charge in [-0.15, -0.1) is 0 Å². The van der Waals surface area contributed by atoms with E-state index in [4.69, 9.17) is 4.74 Å². The van der Waals surface area contributed by atoms with Crippen molar-refractivity contribution in [1.29, 1.82) is 0 Å². The normalized spacial score (nSPS) is 51.1. The highest BCUT2D eigenvalue weighted by atomic mass is 16.6. The van der Waals surface area contributed by atoms with Gasteiger partial charge >= 0.3 is 5.97 Å². The summed E-state index contributed by atoms with van der Waals surface area (Å²) >= 11 is 0. The van der Waals surface area contributed by atoms with E-state index in [-0.39, 0.29) is 23.6 Å². The fraction of sp³-hybridized carbons (Fsp3) is 0.733. The average Bonchev–Trinajstić information content (AvgIpc) is 2.71. The molecule has 2 aliphatic carbocycles. The molecule has 0 bridgehead atoms. The monoisotopic (exact) mass is 280 g/mol. The van der Waals surface area contributed by atoms with Gasteiger partial charge in [-0.3, -0.25) is 9.59 Å². The number of hydrogen-bond donors (Lipinski definition) is 2. The summed E-state index contributed by atoms with van der Waals surface area (Å²) in [7, 11) is 0. The molecule has 0 aromatic rings. The summed E-state index contributed by atoms with van der Waals surface area (Å²) in [6, 6.07) is 0. The van der Waals surface area contributed by atoms with Gasteiger partial charge in [-0.2, -0.15) is 0 Å². The predicted molar refractivity (Wildman–Crippen MR) is 69.6 cm³/mol. The number of esters is 1. The molecule has 1 saturated heterocycles. The van der Waals surface area contributed by atoms with Crippen molar-refractivity contribution in [1.82, 2.24) is 0 Å². The second-order valence-corrected chi connectivity index (χ2v) is 6.69. The lowest BCUT2D eigenvalue weighted by molar-refractivity contribution is -0.169. The summed E-state index contributed by atoms with van der Waals surface area (Å²) in [5, 5.41) is 21.8. The van der Waals surface area contributed by atoms with Gasteiger partial charge in [-0.05, 0) is 38.3 Å². The van der Waals surface area contributed by atoms with Crippen LogP contribution in [0.15, 0.2) is 11.6 Å². The van der Waals surface area contributed by atoms with Crippen LogP contribution in [0.4, 0.5) is 0 Å². The second-order valence-electron chi connectivity index (χ2n) is 6.69. The smallest absolute Gasteiger partial charge is 0.309 e. The molecule has 6 atom stereocenters. The number of rotatable bonds is 0. The standard InChI is InChI=1S/C15H20O5/c1-7-6-10(16)11-14(3,18)5-4-9-8(2)13(17)20-12(9)15(7,11)19/h6,8-9,11-12,18-19H,4-5H2,1-3H3. The first kappa shape index (κ1) is 13.8. The minimum absolute atomic E-state index is 0.168. The van der Waals surface area contributed by atoms with E-state index in [0.717, 1.165) is 0 Å². The highest BCUT2D eigenvalue weighted by Crippen LogP contribution is 2.53. The van der Waals surface area contributed by atoms with Crippen LogP contribution in [0.5, 0.6) is 0 Å². The summed E-state index contributed by atoms with van der Waals surface area (Å²) in [5.74, 6) is -2.06. The van der Waals surface area contributed by atoms with Crippen molar-refractivity contribution in [2.75, 3.05) is 0 Å². The number of carbonyl (C=O) groups excluding carboxylic acids is 2. The minimum atomic E-state index is -1.58. The molecule has 110 valence electrons. The van der Waals surface area contributed by atoms with E-state index in [1.807, 2.05) is 0 Å². The lowest BCUT2D eigenvalue weighted by Gasteiger charge is -2.40. The number of fused-ring (bicyclic) bond motifs is 3. The van der Waals surface area contributed by atoms with Gasteiger partial charge in [0.2, 0.25) is 0 Å². The molecular weight excluding hydrogens is 260 g/mol. The van der Waals surface area contributed by atoms with Gasteiger partial charge < -0.3 is 14.9 Å².